The summed E-state index contributed by atoms with van der Waals surface area (Å²) in [6, 6.07) is 4.57. The van der Waals surface area contributed by atoms with Crippen LogP contribution < -0.4 is 10.6 Å². The van der Waals surface area contributed by atoms with Gasteiger partial charge in [0.05, 0.1) is 0 Å². The third-order valence-corrected chi connectivity index (χ3v) is 3.49. The van der Waals surface area contributed by atoms with Gasteiger partial charge in [-0.15, -0.1) is 0 Å². The Morgan fingerprint density at radius 1 is 1.31 bits per heavy atom. The van der Waals surface area contributed by atoms with Crippen LogP contribution in [0.5, 0.6) is 0 Å². The quantitative estimate of drug-likeness (QED) is 0.695. The number of benzene rings is 1. The van der Waals surface area contributed by atoms with Crippen LogP contribution in [0.15, 0.2) is 18.2 Å². The van der Waals surface area contributed by atoms with Crippen molar-refractivity contribution in [3.63, 3.8) is 0 Å². The first-order valence-corrected chi connectivity index (χ1v) is 5.57. The Bertz CT molecular complexity index is 447. The maximum Gasteiger partial charge on any atom is 0.228 e. The second-order valence-corrected chi connectivity index (χ2v) is 4.43. The van der Waals surface area contributed by atoms with Crippen molar-refractivity contribution >= 4 is 11.6 Å². The second-order valence-electron chi connectivity index (χ2n) is 4.43. The molecule has 1 amide bonds. The number of halogens is 1. The van der Waals surface area contributed by atoms with Crippen molar-refractivity contribution in [1.29, 1.82) is 0 Å². The van der Waals surface area contributed by atoms with Crippen LogP contribution in [0.4, 0.5) is 10.1 Å². The van der Waals surface area contributed by atoms with Gasteiger partial charge in [-0.25, -0.2) is 4.39 Å². The van der Waals surface area contributed by atoms with Crippen LogP contribution in [0.25, 0.3) is 0 Å². The minimum absolute atomic E-state index is 0.00412. The number of piperidine rings is 1. The van der Waals surface area contributed by atoms with E-state index in [4.69, 9.17) is 0 Å². The molecular formula is C12H13FN2O. The van der Waals surface area contributed by atoms with Crippen LogP contribution in [-0.4, -0.2) is 19.0 Å². The highest BCUT2D eigenvalue weighted by molar-refractivity contribution is 5.96. The molecule has 2 aliphatic heterocycles. The lowest BCUT2D eigenvalue weighted by atomic mass is 9.78. The Kier molecular flexibility index (Phi) is 2.17. The predicted octanol–water partition coefficient (Wildman–Crippen LogP) is 1.47. The van der Waals surface area contributed by atoms with Gasteiger partial charge < -0.3 is 10.6 Å². The first kappa shape index (κ1) is 9.78. The van der Waals surface area contributed by atoms with E-state index in [1.807, 2.05) is 0 Å². The van der Waals surface area contributed by atoms with Crippen molar-refractivity contribution in [2.45, 2.75) is 12.3 Å². The van der Waals surface area contributed by atoms with Gasteiger partial charge in [-0.3, -0.25) is 4.79 Å². The summed E-state index contributed by atoms with van der Waals surface area (Å²) < 4.78 is 13.2. The maximum absolute atomic E-state index is 13.2. The van der Waals surface area contributed by atoms with Crippen LogP contribution in [0, 0.1) is 11.7 Å². The minimum Gasteiger partial charge on any atom is -0.326 e. The van der Waals surface area contributed by atoms with Crippen molar-refractivity contribution in [3.8, 4) is 0 Å². The van der Waals surface area contributed by atoms with Crippen LogP contribution >= 0.6 is 0 Å². The summed E-state index contributed by atoms with van der Waals surface area (Å²) in [6.07, 6.45) is 0.826. The van der Waals surface area contributed by atoms with E-state index in [0.717, 1.165) is 30.8 Å². The van der Waals surface area contributed by atoms with Crippen molar-refractivity contribution in [2.75, 3.05) is 18.4 Å². The van der Waals surface area contributed by atoms with Gasteiger partial charge in [-0.1, -0.05) is 0 Å². The largest absolute Gasteiger partial charge is 0.326 e. The lowest BCUT2D eigenvalue weighted by Gasteiger charge is -2.36. The SMILES string of the molecule is O=C1Nc2ccc(F)cc2C2CNCCC12. The van der Waals surface area contributed by atoms with E-state index < -0.39 is 0 Å². The molecule has 3 nitrogen and oxygen atoms in total. The molecular weight excluding hydrogens is 207 g/mol. The predicted molar refractivity (Wildman–Crippen MR) is 58.7 cm³/mol. The number of amides is 1. The Morgan fingerprint density at radius 2 is 2.19 bits per heavy atom. The van der Waals surface area contributed by atoms with Gasteiger partial charge >= 0.3 is 0 Å². The van der Waals surface area contributed by atoms with Crippen LogP contribution in [0.2, 0.25) is 0 Å². The van der Waals surface area contributed by atoms with Gasteiger partial charge in [0.25, 0.3) is 0 Å². The molecule has 1 aromatic carbocycles. The summed E-state index contributed by atoms with van der Waals surface area (Å²) in [7, 11) is 0. The number of rotatable bonds is 0. The topological polar surface area (TPSA) is 41.1 Å². The number of carbonyl (C=O) groups is 1. The van der Waals surface area contributed by atoms with E-state index >= 15 is 0 Å². The Balaban J connectivity index is 2.07. The van der Waals surface area contributed by atoms with Gasteiger partial charge in [0, 0.05) is 24.1 Å². The fourth-order valence-corrected chi connectivity index (χ4v) is 2.68. The maximum atomic E-state index is 13.2. The molecule has 2 aliphatic rings. The number of nitrogens with one attached hydrogen (secondary N) is 2. The van der Waals surface area contributed by atoms with Gasteiger partial charge in [0.1, 0.15) is 5.82 Å². The summed E-state index contributed by atoms with van der Waals surface area (Å²) in [5.41, 5.74) is 1.69. The molecule has 2 unspecified atom stereocenters. The Hall–Kier alpha value is -1.42. The van der Waals surface area contributed by atoms with Crippen LogP contribution in [-0.2, 0) is 4.79 Å². The molecule has 2 heterocycles. The normalized spacial score (nSPS) is 27.9. The van der Waals surface area contributed by atoms with Crippen molar-refractivity contribution in [2.24, 2.45) is 5.92 Å². The van der Waals surface area contributed by atoms with Gasteiger partial charge in [-0.05, 0) is 36.7 Å². The summed E-state index contributed by atoms with van der Waals surface area (Å²) in [4.78, 5) is 11.8. The molecule has 1 aromatic rings. The van der Waals surface area contributed by atoms with E-state index in [1.54, 1.807) is 12.1 Å². The van der Waals surface area contributed by atoms with E-state index in [2.05, 4.69) is 10.6 Å². The molecule has 1 saturated heterocycles. The number of anilines is 1. The number of hydrogen-bond donors (Lipinski definition) is 2. The van der Waals surface area contributed by atoms with Crippen LogP contribution in [0.3, 0.4) is 0 Å². The first-order chi connectivity index (χ1) is 7.75. The van der Waals surface area contributed by atoms with Crippen LogP contribution in [0.1, 0.15) is 17.9 Å². The highest BCUT2D eigenvalue weighted by Crippen LogP contribution is 2.38. The van der Waals surface area contributed by atoms with Gasteiger partial charge in [-0.2, -0.15) is 0 Å². The summed E-state index contributed by atoms with van der Waals surface area (Å²) in [5.74, 6) is -0.0476. The minimum atomic E-state index is -0.237. The Labute approximate surface area is 93.0 Å². The van der Waals surface area contributed by atoms with Crippen molar-refractivity contribution < 1.29 is 9.18 Å². The van der Waals surface area contributed by atoms with Gasteiger partial charge in [0.2, 0.25) is 5.91 Å². The molecule has 0 aromatic heterocycles. The zero-order chi connectivity index (χ0) is 11.1. The zero-order valence-electron chi connectivity index (χ0n) is 8.79. The van der Waals surface area contributed by atoms with Crippen molar-refractivity contribution in [3.05, 3.63) is 29.6 Å². The highest BCUT2D eigenvalue weighted by Gasteiger charge is 2.37. The van der Waals surface area contributed by atoms with Gasteiger partial charge in [0.15, 0.2) is 0 Å². The molecule has 0 saturated carbocycles. The molecule has 0 radical (unpaired) electrons. The number of hydrogen-bond acceptors (Lipinski definition) is 2. The fraction of sp³-hybridized carbons (Fsp3) is 0.417. The molecule has 0 bridgehead atoms. The molecule has 2 atom stereocenters. The third-order valence-electron chi connectivity index (χ3n) is 3.49. The Morgan fingerprint density at radius 3 is 3.06 bits per heavy atom. The average molecular weight is 220 g/mol. The average Bonchev–Trinajstić information content (AvgIpc) is 2.31. The molecule has 16 heavy (non-hydrogen) atoms. The lowest BCUT2D eigenvalue weighted by Crippen LogP contribution is -2.44. The van der Waals surface area contributed by atoms with E-state index in [9.17, 15) is 9.18 Å². The van der Waals surface area contributed by atoms with E-state index in [0.29, 0.717) is 0 Å². The summed E-state index contributed by atoms with van der Waals surface area (Å²) >= 11 is 0. The van der Waals surface area contributed by atoms with E-state index in [-0.39, 0.29) is 23.6 Å². The molecule has 2 N–H and O–H groups in total. The van der Waals surface area contributed by atoms with E-state index in [1.165, 1.54) is 6.07 Å². The molecule has 1 fully saturated rings. The second kappa shape index (κ2) is 3.56. The smallest absolute Gasteiger partial charge is 0.228 e. The molecule has 0 spiro atoms. The van der Waals surface area contributed by atoms with Crippen molar-refractivity contribution in [1.82, 2.24) is 5.32 Å². The highest BCUT2D eigenvalue weighted by atomic mass is 19.1. The first-order valence-electron chi connectivity index (χ1n) is 5.57. The number of carbonyl (C=O) groups excluding carboxylic acids is 1. The zero-order valence-corrected chi connectivity index (χ0v) is 8.79. The summed E-state index contributed by atoms with van der Waals surface area (Å²) in [6.45, 7) is 1.62. The number of fused-ring (bicyclic) bond motifs is 3. The molecule has 0 aliphatic carbocycles. The lowest BCUT2D eigenvalue weighted by molar-refractivity contribution is -0.121. The third kappa shape index (κ3) is 1.41. The standard InChI is InChI=1S/C12H13FN2O/c13-7-1-2-11-9(5-7)10-6-14-4-3-8(10)12(16)15-11/h1-2,5,8,10,14H,3-4,6H2,(H,15,16). The summed E-state index contributed by atoms with van der Waals surface area (Å²) in [5, 5.41) is 6.12. The molecule has 84 valence electrons. The molecule has 3 rings (SSSR count). The molecule has 4 heteroatoms. The monoisotopic (exact) mass is 220 g/mol. The fourth-order valence-electron chi connectivity index (χ4n) is 2.68.